The third-order valence-corrected chi connectivity index (χ3v) is 3.11. The van der Waals surface area contributed by atoms with Gasteiger partial charge < -0.3 is 10.1 Å². The molecule has 1 aromatic heterocycles. The third-order valence-electron chi connectivity index (χ3n) is 3.11. The number of hydrogen-bond donors (Lipinski definition) is 2. The molecule has 2 amide bonds. The van der Waals surface area contributed by atoms with Gasteiger partial charge >= 0.3 is 6.03 Å². The molecule has 5 heteroatoms. The topological polar surface area (TPSA) is 63.2 Å². The van der Waals surface area contributed by atoms with Crippen molar-refractivity contribution in [3.8, 4) is 5.75 Å². The quantitative estimate of drug-likeness (QED) is 0.805. The van der Waals surface area contributed by atoms with Crippen molar-refractivity contribution >= 4 is 11.8 Å². The number of aromatic nitrogens is 1. The normalized spacial score (nSPS) is 10.1. The molecule has 0 radical (unpaired) electrons. The van der Waals surface area contributed by atoms with Crippen LogP contribution in [0.25, 0.3) is 0 Å². The number of nitrogens with zero attached hydrogens (tertiary/aromatic N) is 1. The summed E-state index contributed by atoms with van der Waals surface area (Å²) in [4.78, 5) is 15.8. The first-order chi connectivity index (χ1) is 10.6. The number of amides is 2. The molecule has 0 aliphatic heterocycles. The molecule has 5 nitrogen and oxygen atoms in total. The zero-order valence-corrected chi connectivity index (χ0v) is 12.9. The van der Waals surface area contributed by atoms with Crippen molar-refractivity contribution in [3.63, 3.8) is 0 Å². The Morgan fingerprint density at radius 3 is 2.73 bits per heavy atom. The van der Waals surface area contributed by atoms with E-state index in [1.165, 1.54) is 0 Å². The van der Waals surface area contributed by atoms with Crippen molar-refractivity contribution in [1.82, 2.24) is 10.3 Å². The fraction of sp³-hybridized carbons (Fsp3) is 0.294. The van der Waals surface area contributed by atoms with Gasteiger partial charge in [-0.15, -0.1) is 0 Å². The van der Waals surface area contributed by atoms with Gasteiger partial charge in [-0.3, -0.25) is 5.32 Å². The number of carbonyl (C=O) groups is 1. The molecule has 0 spiro atoms. The number of benzene rings is 1. The number of nitrogens with one attached hydrogen (secondary N) is 2. The molecule has 0 bridgehead atoms. The van der Waals surface area contributed by atoms with Crippen molar-refractivity contribution < 1.29 is 9.53 Å². The van der Waals surface area contributed by atoms with Crippen LogP contribution in [0.3, 0.4) is 0 Å². The van der Waals surface area contributed by atoms with Crippen LogP contribution < -0.4 is 15.4 Å². The average molecular weight is 299 g/mol. The zero-order chi connectivity index (χ0) is 15.8. The molecule has 0 aliphatic rings. The number of anilines is 1. The van der Waals surface area contributed by atoms with Crippen molar-refractivity contribution in [2.24, 2.45) is 0 Å². The summed E-state index contributed by atoms with van der Waals surface area (Å²) in [6.45, 7) is 5.07. The molecule has 2 aromatic rings. The maximum absolute atomic E-state index is 11.7. The summed E-state index contributed by atoms with van der Waals surface area (Å²) >= 11 is 0. The van der Waals surface area contributed by atoms with Crippen LogP contribution in [-0.4, -0.2) is 24.2 Å². The van der Waals surface area contributed by atoms with E-state index in [9.17, 15) is 4.79 Å². The summed E-state index contributed by atoms with van der Waals surface area (Å²) in [5.74, 6) is 1.43. The minimum absolute atomic E-state index is 0.257. The first kappa shape index (κ1) is 15.8. The van der Waals surface area contributed by atoms with Crippen molar-refractivity contribution in [1.29, 1.82) is 0 Å². The molecule has 2 N–H and O–H groups in total. The predicted octanol–water partition coefficient (Wildman–Crippen LogP) is 3.29. The van der Waals surface area contributed by atoms with Crippen molar-refractivity contribution in [2.75, 3.05) is 18.5 Å². The lowest BCUT2D eigenvalue weighted by Gasteiger charge is -2.10. The van der Waals surface area contributed by atoms with Gasteiger partial charge in [0.2, 0.25) is 0 Å². The molecular weight excluding hydrogens is 278 g/mol. The Morgan fingerprint density at radius 2 is 2.00 bits per heavy atom. The maximum Gasteiger partial charge on any atom is 0.320 e. The minimum Gasteiger partial charge on any atom is -0.493 e. The van der Waals surface area contributed by atoms with Crippen LogP contribution in [0, 0.1) is 13.8 Å². The van der Waals surface area contributed by atoms with Gasteiger partial charge in [0.1, 0.15) is 11.6 Å². The van der Waals surface area contributed by atoms with E-state index in [4.69, 9.17) is 4.74 Å². The molecule has 2 rings (SSSR count). The Labute approximate surface area is 130 Å². The second-order valence-corrected chi connectivity index (χ2v) is 5.07. The summed E-state index contributed by atoms with van der Waals surface area (Å²) in [6.07, 6.45) is 2.45. The van der Waals surface area contributed by atoms with Crippen LogP contribution in [-0.2, 0) is 0 Å². The summed E-state index contributed by atoms with van der Waals surface area (Å²) < 4.78 is 5.67. The van der Waals surface area contributed by atoms with Crippen LogP contribution in [0.5, 0.6) is 5.75 Å². The predicted molar refractivity (Wildman–Crippen MR) is 87.3 cm³/mol. The lowest BCUT2D eigenvalue weighted by molar-refractivity contribution is 0.250. The molecule has 0 atom stereocenters. The van der Waals surface area contributed by atoms with Crippen LogP contribution in [0.2, 0.25) is 0 Å². The lowest BCUT2D eigenvalue weighted by Crippen LogP contribution is -2.30. The second kappa shape index (κ2) is 8.02. The largest absolute Gasteiger partial charge is 0.493 e. The van der Waals surface area contributed by atoms with E-state index >= 15 is 0 Å². The van der Waals surface area contributed by atoms with E-state index in [1.807, 2.05) is 44.2 Å². The third kappa shape index (κ3) is 5.09. The van der Waals surface area contributed by atoms with Crippen LogP contribution in [0.4, 0.5) is 10.6 Å². The molecule has 0 saturated carbocycles. The SMILES string of the molecule is Cc1ccc(NC(=O)NCCCOc2ccccc2C)nc1. The zero-order valence-electron chi connectivity index (χ0n) is 12.9. The number of hydrogen-bond acceptors (Lipinski definition) is 3. The Balaban J connectivity index is 1.63. The maximum atomic E-state index is 11.7. The van der Waals surface area contributed by atoms with Gasteiger partial charge in [0.25, 0.3) is 0 Å². The number of para-hydroxylation sites is 1. The molecular formula is C17H21N3O2. The summed E-state index contributed by atoms with van der Waals surface area (Å²) in [7, 11) is 0. The van der Waals surface area contributed by atoms with Gasteiger partial charge in [0, 0.05) is 12.7 Å². The summed E-state index contributed by atoms with van der Waals surface area (Å²) in [6, 6.07) is 11.3. The van der Waals surface area contributed by atoms with Crippen molar-refractivity contribution in [2.45, 2.75) is 20.3 Å². The number of aryl methyl sites for hydroxylation is 2. The smallest absolute Gasteiger partial charge is 0.320 e. The Bertz CT molecular complexity index is 612. The Kier molecular flexibility index (Phi) is 5.77. The highest BCUT2D eigenvalue weighted by Crippen LogP contribution is 2.15. The number of urea groups is 1. The van der Waals surface area contributed by atoms with Gasteiger partial charge in [-0.05, 0) is 43.5 Å². The van der Waals surface area contributed by atoms with Gasteiger partial charge in [-0.25, -0.2) is 9.78 Å². The van der Waals surface area contributed by atoms with Gasteiger partial charge in [-0.1, -0.05) is 24.3 Å². The van der Waals surface area contributed by atoms with E-state index in [-0.39, 0.29) is 6.03 Å². The Hall–Kier alpha value is -2.56. The van der Waals surface area contributed by atoms with Crippen LogP contribution in [0.1, 0.15) is 17.5 Å². The van der Waals surface area contributed by atoms with Crippen molar-refractivity contribution in [3.05, 3.63) is 53.7 Å². The van der Waals surface area contributed by atoms with Crippen LogP contribution >= 0.6 is 0 Å². The number of ether oxygens (including phenoxy) is 1. The Morgan fingerprint density at radius 1 is 1.18 bits per heavy atom. The van der Waals surface area contributed by atoms with Gasteiger partial charge in [-0.2, -0.15) is 0 Å². The fourth-order valence-corrected chi connectivity index (χ4v) is 1.88. The second-order valence-electron chi connectivity index (χ2n) is 5.07. The summed E-state index contributed by atoms with van der Waals surface area (Å²) in [5.41, 5.74) is 2.16. The number of carbonyl (C=O) groups excluding carboxylic acids is 1. The molecule has 0 fully saturated rings. The number of rotatable bonds is 6. The molecule has 22 heavy (non-hydrogen) atoms. The minimum atomic E-state index is -0.257. The monoisotopic (exact) mass is 299 g/mol. The molecule has 0 aliphatic carbocycles. The average Bonchev–Trinajstić information content (AvgIpc) is 2.51. The van der Waals surface area contributed by atoms with E-state index in [2.05, 4.69) is 15.6 Å². The fourth-order valence-electron chi connectivity index (χ4n) is 1.88. The van der Waals surface area contributed by atoms with E-state index in [1.54, 1.807) is 12.3 Å². The highest BCUT2D eigenvalue weighted by molar-refractivity contribution is 5.88. The molecule has 0 saturated heterocycles. The molecule has 0 unspecified atom stereocenters. The van der Waals surface area contributed by atoms with Gasteiger partial charge in [0.05, 0.1) is 6.61 Å². The highest BCUT2D eigenvalue weighted by atomic mass is 16.5. The first-order valence-corrected chi connectivity index (χ1v) is 7.31. The molecule has 1 aromatic carbocycles. The number of pyridine rings is 1. The molecule has 1 heterocycles. The molecule has 116 valence electrons. The summed E-state index contributed by atoms with van der Waals surface area (Å²) in [5, 5.41) is 5.46. The highest BCUT2D eigenvalue weighted by Gasteiger charge is 2.02. The van der Waals surface area contributed by atoms with E-state index < -0.39 is 0 Å². The van der Waals surface area contributed by atoms with E-state index in [0.717, 1.165) is 23.3 Å². The van der Waals surface area contributed by atoms with Gasteiger partial charge in [0.15, 0.2) is 0 Å². The van der Waals surface area contributed by atoms with E-state index in [0.29, 0.717) is 19.0 Å². The van der Waals surface area contributed by atoms with Crippen LogP contribution in [0.15, 0.2) is 42.6 Å². The standard InChI is InChI=1S/C17H21N3O2/c1-13-8-9-16(19-12-13)20-17(21)18-10-5-11-22-15-7-4-3-6-14(15)2/h3-4,6-9,12H,5,10-11H2,1-2H3,(H2,18,19,20,21). The lowest BCUT2D eigenvalue weighted by atomic mass is 10.2. The first-order valence-electron chi connectivity index (χ1n) is 7.31.